The lowest BCUT2D eigenvalue weighted by atomic mass is 10.1. The summed E-state index contributed by atoms with van der Waals surface area (Å²) in [5.74, 6) is -0.545. The van der Waals surface area contributed by atoms with Crippen LogP contribution in [-0.2, 0) is 11.3 Å². The molecule has 0 saturated carbocycles. The quantitative estimate of drug-likeness (QED) is 0.495. The van der Waals surface area contributed by atoms with E-state index in [9.17, 15) is 14.0 Å². The van der Waals surface area contributed by atoms with Crippen molar-refractivity contribution in [2.24, 2.45) is 0 Å². The van der Waals surface area contributed by atoms with Crippen molar-refractivity contribution in [2.45, 2.75) is 45.4 Å². The van der Waals surface area contributed by atoms with Crippen LogP contribution in [0.15, 0.2) is 47.6 Å². The van der Waals surface area contributed by atoms with E-state index < -0.39 is 17.8 Å². The summed E-state index contributed by atoms with van der Waals surface area (Å²) in [6.07, 6.45) is 0. The van der Waals surface area contributed by atoms with Crippen LogP contribution < -0.4 is 10.6 Å². The van der Waals surface area contributed by atoms with Crippen LogP contribution in [0.2, 0.25) is 0 Å². The van der Waals surface area contributed by atoms with Gasteiger partial charge < -0.3 is 15.2 Å². The highest BCUT2D eigenvalue weighted by Gasteiger charge is 2.21. The number of anilines is 1. The Balaban J connectivity index is 1.65. The van der Waals surface area contributed by atoms with Crippen molar-refractivity contribution in [3.05, 3.63) is 70.8 Å². The summed E-state index contributed by atoms with van der Waals surface area (Å²) in [6.45, 7) is 8.17. The molecule has 2 aromatic carbocycles. The van der Waals surface area contributed by atoms with E-state index in [0.29, 0.717) is 17.5 Å². The van der Waals surface area contributed by atoms with Gasteiger partial charge in [-0.05, 0) is 57.0 Å². The van der Waals surface area contributed by atoms with Crippen LogP contribution in [0.25, 0.3) is 0 Å². The number of hydrogen-bond donors (Lipinski definition) is 2. The predicted octanol–water partition coefficient (Wildman–Crippen LogP) is 4.28. The van der Waals surface area contributed by atoms with E-state index in [-0.39, 0.29) is 17.2 Å². The second-order valence-corrected chi connectivity index (χ2v) is 8.36. The van der Waals surface area contributed by atoms with Crippen LogP contribution in [0.4, 0.5) is 10.1 Å². The molecule has 0 saturated heterocycles. The first-order valence-corrected chi connectivity index (χ1v) is 11.3. The normalized spacial score (nSPS) is 11.8. The number of benzene rings is 2. The average molecular weight is 456 g/mol. The fourth-order valence-electron chi connectivity index (χ4n) is 3.20. The number of hydrogen-bond acceptors (Lipinski definition) is 5. The number of aromatic nitrogens is 3. The molecule has 1 aromatic heterocycles. The molecule has 0 bridgehead atoms. The van der Waals surface area contributed by atoms with E-state index in [4.69, 9.17) is 0 Å². The van der Waals surface area contributed by atoms with Crippen molar-refractivity contribution in [3.8, 4) is 0 Å². The highest BCUT2D eigenvalue weighted by molar-refractivity contribution is 7.99. The lowest BCUT2D eigenvalue weighted by Crippen LogP contribution is -2.29. The minimum absolute atomic E-state index is 0.0281. The average Bonchev–Trinajstić information content (AvgIpc) is 3.18. The predicted molar refractivity (Wildman–Crippen MR) is 123 cm³/mol. The molecule has 0 fully saturated rings. The van der Waals surface area contributed by atoms with Crippen molar-refractivity contribution in [2.75, 3.05) is 11.1 Å². The zero-order valence-electron chi connectivity index (χ0n) is 18.5. The Bertz CT molecular complexity index is 1130. The Morgan fingerprint density at radius 1 is 1.16 bits per heavy atom. The third kappa shape index (κ3) is 5.53. The molecule has 3 rings (SSSR count). The van der Waals surface area contributed by atoms with E-state index in [1.54, 1.807) is 13.0 Å². The van der Waals surface area contributed by atoms with Gasteiger partial charge in [0, 0.05) is 12.2 Å². The number of halogens is 1. The topological polar surface area (TPSA) is 88.9 Å². The van der Waals surface area contributed by atoms with E-state index in [2.05, 4.69) is 20.8 Å². The van der Waals surface area contributed by atoms with Gasteiger partial charge in [-0.1, -0.05) is 36.0 Å². The number of amides is 2. The molecule has 3 aromatic rings. The molecule has 0 aliphatic rings. The number of nitrogens with zero attached hydrogens (tertiary/aromatic N) is 3. The van der Waals surface area contributed by atoms with E-state index >= 15 is 0 Å². The zero-order valence-corrected chi connectivity index (χ0v) is 19.3. The lowest BCUT2D eigenvalue weighted by Gasteiger charge is -2.15. The highest BCUT2D eigenvalue weighted by Crippen LogP contribution is 2.22. The second kappa shape index (κ2) is 10.4. The molecule has 0 spiro atoms. The number of aryl methyl sites for hydroxylation is 2. The van der Waals surface area contributed by atoms with Crippen molar-refractivity contribution in [1.82, 2.24) is 20.1 Å². The Morgan fingerprint density at radius 3 is 2.62 bits per heavy atom. The Morgan fingerprint density at radius 2 is 1.91 bits per heavy atom. The maximum Gasteiger partial charge on any atom is 0.254 e. The minimum Gasteiger partial charge on any atom is -0.342 e. The summed E-state index contributed by atoms with van der Waals surface area (Å²) in [6, 6.07) is 11.2. The van der Waals surface area contributed by atoms with E-state index in [1.165, 1.54) is 30.0 Å². The molecule has 0 radical (unpaired) electrons. The van der Waals surface area contributed by atoms with Crippen LogP contribution in [0, 0.1) is 19.7 Å². The molecule has 0 aliphatic carbocycles. The van der Waals surface area contributed by atoms with Gasteiger partial charge in [0.15, 0.2) is 11.0 Å². The second-order valence-electron chi connectivity index (χ2n) is 7.42. The van der Waals surface area contributed by atoms with Gasteiger partial charge in [0.05, 0.1) is 17.4 Å². The van der Waals surface area contributed by atoms with Crippen LogP contribution in [0.5, 0.6) is 0 Å². The molecule has 168 valence electrons. The monoisotopic (exact) mass is 455 g/mol. The third-order valence-corrected chi connectivity index (χ3v) is 5.88. The zero-order chi connectivity index (χ0) is 23.3. The fraction of sp³-hybridized carbons (Fsp3) is 0.304. The maximum atomic E-state index is 13.9. The van der Waals surface area contributed by atoms with Gasteiger partial charge in [0.25, 0.3) is 5.91 Å². The Kier molecular flexibility index (Phi) is 7.63. The van der Waals surface area contributed by atoms with Crippen molar-refractivity contribution in [3.63, 3.8) is 0 Å². The smallest absolute Gasteiger partial charge is 0.254 e. The van der Waals surface area contributed by atoms with Gasteiger partial charge in [-0.15, -0.1) is 10.2 Å². The van der Waals surface area contributed by atoms with Gasteiger partial charge in [0.1, 0.15) is 5.82 Å². The third-order valence-electron chi connectivity index (χ3n) is 4.91. The Labute approximate surface area is 190 Å². The first-order chi connectivity index (χ1) is 15.3. The summed E-state index contributed by atoms with van der Waals surface area (Å²) >= 11 is 1.27. The molecule has 7 nitrogen and oxygen atoms in total. The maximum absolute atomic E-state index is 13.9. The molecule has 1 heterocycles. The summed E-state index contributed by atoms with van der Waals surface area (Å²) in [4.78, 5) is 24.9. The number of rotatable bonds is 8. The molecule has 2 amide bonds. The first-order valence-electron chi connectivity index (χ1n) is 10.3. The molecular weight excluding hydrogens is 429 g/mol. The van der Waals surface area contributed by atoms with Gasteiger partial charge in [-0.25, -0.2) is 4.39 Å². The van der Waals surface area contributed by atoms with E-state index in [0.717, 1.165) is 16.8 Å². The minimum atomic E-state index is -0.583. The van der Waals surface area contributed by atoms with E-state index in [1.807, 2.05) is 43.5 Å². The number of carbonyl (C=O) groups is 2. The molecule has 2 N–H and O–H groups in total. The van der Waals surface area contributed by atoms with Gasteiger partial charge in [0.2, 0.25) is 5.91 Å². The van der Waals surface area contributed by atoms with Crippen LogP contribution in [0.1, 0.15) is 47.2 Å². The summed E-state index contributed by atoms with van der Waals surface area (Å²) in [5.41, 5.74) is 2.82. The van der Waals surface area contributed by atoms with Gasteiger partial charge in [-0.2, -0.15) is 0 Å². The molecule has 9 heteroatoms. The van der Waals surface area contributed by atoms with Crippen LogP contribution in [-0.4, -0.2) is 32.3 Å². The Hall–Kier alpha value is -3.20. The van der Waals surface area contributed by atoms with Gasteiger partial charge in [-0.3, -0.25) is 9.59 Å². The van der Waals surface area contributed by atoms with Crippen LogP contribution in [0.3, 0.4) is 0 Å². The number of nitrogens with one attached hydrogen (secondary N) is 2. The molecule has 0 aliphatic heterocycles. The molecule has 1 atom stereocenters. The van der Waals surface area contributed by atoms with Crippen molar-refractivity contribution < 1.29 is 14.0 Å². The molecular formula is C23H26FN5O2S. The number of carbonyl (C=O) groups excluding carboxylic acids is 2. The SMILES string of the molecule is CCn1c(SCC(=O)Nc2cc(C)ccc2C)nnc1C(C)NC(=O)c1ccccc1F. The lowest BCUT2D eigenvalue weighted by molar-refractivity contribution is -0.113. The molecule has 32 heavy (non-hydrogen) atoms. The standard InChI is InChI=1S/C23H26FN5O2S/c1-5-29-21(16(4)25-22(31)17-8-6-7-9-18(17)24)27-28-23(29)32-13-20(30)26-19-12-14(2)10-11-15(19)3/h6-12,16H,5,13H2,1-4H3,(H,25,31)(H,26,30). The number of thioether (sulfide) groups is 1. The molecule has 1 unspecified atom stereocenters. The summed E-state index contributed by atoms with van der Waals surface area (Å²) in [7, 11) is 0. The van der Waals surface area contributed by atoms with Gasteiger partial charge >= 0.3 is 0 Å². The largest absolute Gasteiger partial charge is 0.342 e. The van der Waals surface area contributed by atoms with Crippen molar-refractivity contribution >= 4 is 29.3 Å². The fourth-order valence-corrected chi connectivity index (χ4v) is 4.00. The summed E-state index contributed by atoms with van der Waals surface area (Å²) in [5, 5.41) is 14.6. The van der Waals surface area contributed by atoms with Crippen molar-refractivity contribution in [1.29, 1.82) is 0 Å². The van der Waals surface area contributed by atoms with Crippen LogP contribution >= 0.6 is 11.8 Å². The first kappa shape index (κ1) is 23.5. The summed E-state index contributed by atoms with van der Waals surface area (Å²) < 4.78 is 15.7. The highest BCUT2D eigenvalue weighted by atomic mass is 32.2.